The minimum absolute atomic E-state index is 0.00182. The first-order chi connectivity index (χ1) is 38.5. The van der Waals surface area contributed by atoms with Crippen molar-refractivity contribution in [3.8, 4) is 0 Å². The zero-order valence-corrected chi connectivity index (χ0v) is 52.9. The van der Waals surface area contributed by atoms with Gasteiger partial charge in [0.1, 0.15) is 0 Å². The first kappa shape index (κ1) is 76.3. The first-order valence-electron chi connectivity index (χ1n) is 35.6. The van der Waals surface area contributed by atoms with Crippen molar-refractivity contribution in [1.29, 1.82) is 0 Å². The molecule has 462 valence electrons. The molecular formula is C72H139NO5. The van der Waals surface area contributed by atoms with Gasteiger partial charge in [-0.2, -0.15) is 0 Å². The third-order valence-electron chi connectivity index (χ3n) is 16.7. The maximum atomic E-state index is 12.6. The maximum absolute atomic E-state index is 12.6. The van der Waals surface area contributed by atoms with Gasteiger partial charge < -0.3 is 20.3 Å². The number of hydrogen-bond acceptors (Lipinski definition) is 5. The Kier molecular flexibility index (Phi) is 66.4. The Morgan fingerprint density at radius 1 is 0.346 bits per heavy atom. The lowest BCUT2D eigenvalue weighted by atomic mass is 10.0. The summed E-state index contributed by atoms with van der Waals surface area (Å²) < 4.78 is 5.49. The number of aliphatic hydroxyl groups excluding tert-OH is 2. The van der Waals surface area contributed by atoms with Gasteiger partial charge in [0.25, 0.3) is 0 Å². The van der Waals surface area contributed by atoms with Crippen LogP contribution in [0.1, 0.15) is 399 Å². The van der Waals surface area contributed by atoms with E-state index in [4.69, 9.17) is 4.74 Å². The van der Waals surface area contributed by atoms with Gasteiger partial charge in [-0.3, -0.25) is 9.59 Å². The summed E-state index contributed by atoms with van der Waals surface area (Å²) in [6, 6.07) is -0.550. The highest BCUT2D eigenvalue weighted by Crippen LogP contribution is 2.19. The first-order valence-corrected chi connectivity index (χ1v) is 35.6. The number of hydrogen-bond donors (Lipinski definition) is 3. The van der Waals surface area contributed by atoms with Gasteiger partial charge in [-0.05, 0) is 77.0 Å². The van der Waals surface area contributed by atoms with Crippen LogP contribution < -0.4 is 5.32 Å². The van der Waals surface area contributed by atoms with Crippen molar-refractivity contribution in [2.45, 2.75) is 411 Å². The van der Waals surface area contributed by atoms with E-state index in [2.05, 4.69) is 43.5 Å². The van der Waals surface area contributed by atoms with Crippen molar-refractivity contribution in [1.82, 2.24) is 5.32 Å². The highest BCUT2D eigenvalue weighted by molar-refractivity contribution is 5.76. The maximum Gasteiger partial charge on any atom is 0.305 e. The van der Waals surface area contributed by atoms with Crippen LogP contribution in [0.5, 0.6) is 0 Å². The van der Waals surface area contributed by atoms with Gasteiger partial charge in [0.05, 0.1) is 25.4 Å². The van der Waals surface area contributed by atoms with E-state index in [-0.39, 0.29) is 18.5 Å². The van der Waals surface area contributed by atoms with E-state index in [0.29, 0.717) is 25.9 Å². The monoisotopic (exact) mass is 1100 g/mol. The fourth-order valence-electron chi connectivity index (χ4n) is 11.3. The minimum atomic E-state index is -0.672. The van der Waals surface area contributed by atoms with Gasteiger partial charge >= 0.3 is 5.97 Å². The van der Waals surface area contributed by atoms with E-state index < -0.39 is 12.1 Å². The number of carbonyl (C=O) groups excluding carboxylic acids is 2. The van der Waals surface area contributed by atoms with Crippen LogP contribution in [-0.4, -0.2) is 47.4 Å². The van der Waals surface area contributed by atoms with Crippen LogP contribution in [0.2, 0.25) is 0 Å². The molecule has 6 heteroatoms. The topological polar surface area (TPSA) is 95.9 Å². The van der Waals surface area contributed by atoms with Gasteiger partial charge in [-0.1, -0.05) is 334 Å². The highest BCUT2D eigenvalue weighted by Gasteiger charge is 2.20. The number of rotatable bonds is 67. The van der Waals surface area contributed by atoms with E-state index in [1.165, 1.54) is 321 Å². The molecule has 6 nitrogen and oxygen atoms in total. The highest BCUT2D eigenvalue weighted by atomic mass is 16.5. The van der Waals surface area contributed by atoms with Gasteiger partial charge in [0.2, 0.25) is 5.91 Å². The van der Waals surface area contributed by atoms with Gasteiger partial charge in [0, 0.05) is 12.8 Å². The SMILES string of the molecule is CCCCCCCC/C=C\CCCCCCCCCC(=O)OCCCCCCCCCC/C=C\CCCCCCCCCC(=O)NC(CO)C(O)CCCCCCCCCCCCCCCCCCCCCCCCCCC. The van der Waals surface area contributed by atoms with Crippen molar-refractivity contribution < 1.29 is 24.5 Å². The van der Waals surface area contributed by atoms with Crippen LogP contribution >= 0.6 is 0 Å². The van der Waals surface area contributed by atoms with E-state index in [1.54, 1.807) is 0 Å². The molecule has 0 heterocycles. The van der Waals surface area contributed by atoms with E-state index in [9.17, 15) is 19.8 Å². The van der Waals surface area contributed by atoms with Crippen LogP contribution in [0.3, 0.4) is 0 Å². The molecule has 0 aliphatic heterocycles. The molecule has 0 aliphatic carbocycles. The fourth-order valence-corrected chi connectivity index (χ4v) is 11.3. The summed E-state index contributed by atoms with van der Waals surface area (Å²) in [6.07, 6.45) is 85.0. The summed E-state index contributed by atoms with van der Waals surface area (Å²) in [6.45, 7) is 4.97. The molecule has 3 N–H and O–H groups in total. The molecular weight excluding hydrogens is 959 g/mol. The van der Waals surface area contributed by atoms with Gasteiger partial charge in [-0.15, -0.1) is 0 Å². The Morgan fingerprint density at radius 2 is 0.603 bits per heavy atom. The van der Waals surface area contributed by atoms with Crippen LogP contribution in [0.25, 0.3) is 0 Å². The largest absolute Gasteiger partial charge is 0.466 e. The van der Waals surface area contributed by atoms with Crippen molar-refractivity contribution in [3.05, 3.63) is 24.3 Å². The lowest BCUT2D eigenvalue weighted by Crippen LogP contribution is -2.45. The molecule has 0 aromatic rings. The molecule has 2 atom stereocenters. The molecule has 1 amide bonds. The average Bonchev–Trinajstić information content (AvgIpc) is 3.44. The molecule has 0 aromatic heterocycles. The lowest BCUT2D eigenvalue weighted by molar-refractivity contribution is -0.143. The molecule has 2 unspecified atom stereocenters. The number of amides is 1. The Bertz CT molecular complexity index is 1220. The van der Waals surface area contributed by atoms with E-state index >= 15 is 0 Å². The van der Waals surface area contributed by atoms with Crippen molar-refractivity contribution >= 4 is 11.9 Å². The second-order valence-electron chi connectivity index (χ2n) is 24.6. The zero-order chi connectivity index (χ0) is 56.4. The van der Waals surface area contributed by atoms with E-state index in [0.717, 1.165) is 44.9 Å². The summed E-state index contributed by atoms with van der Waals surface area (Å²) in [4.78, 5) is 24.7. The Labute approximate surface area is 488 Å². The Hall–Kier alpha value is -1.66. The number of unbranched alkanes of at least 4 members (excludes halogenated alkanes) is 52. The molecule has 78 heavy (non-hydrogen) atoms. The third-order valence-corrected chi connectivity index (χ3v) is 16.7. The van der Waals surface area contributed by atoms with Gasteiger partial charge in [-0.25, -0.2) is 0 Å². The zero-order valence-electron chi connectivity index (χ0n) is 52.9. The standard InChI is InChI=1S/C72H139NO5/c1-3-5-7-9-11-13-15-17-19-21-22-23-24-25-26-27-29-33-36-40-44-48-52-56-60-64-70(75)69(68-74)73-71(76)65-61-57-53-49-45-41-37-34-30-28-31-35-39-43-47-51-55-59-63-67-78-72(77)66-62-58-54-50-46-42-38-32-20-18-16-14-12-10-8-6-4-2/h18,20,28,30,69-70,74-75H,3-17,19,21-27,29,31-68H2,1-2H3,(H,73,76)/b20-18-,30-28-. The molecule has 0 saturated heterocycles. The molecule has 0 fully saturated rings. The molecule has 0 aromatic carbocycles. The normalized spacial score (nSPS) is 12.6. The summed E-state index contributed by atoms with van der Waals surface area (Å²) in [5, 5.41) is 23.4. The quantitative estimate of drug-likeness (QED) is 0.0320. The number of allylic oxidation sites excluding steroid dienone is 4. The molecule has 0 bridgehead atoms. The van der Waals surface area contributed by atoms with Crippen LogP contribution in [-0.2, 0) is 14.3 Å². The second kappa shape index (κ2) is 67.8. The fraction of sp³-hybridized carbons (Fsp3) is 0.917. The molecule has 0 saturated carbocycles. The smallest absolute Gasteiger partial charge is 0.305 e. The van der Waals surface area contributed by atoms with E-state index in [1.807, 2.05) is 0 Å². The third kappa shape index (κ3) is 63.5. The second-order valence-corrected chi connectivity index (χ2v) is 24.6. The Morgan fingerprint density at radius 3 is 0.910 bits per heavy atom. The minimum Gasteiger partial charge on any atom is -0.466 e. The number of aliphatic hydroxyl groups is 2. The number of nitrogens with one attached hydrogen (secondary N) is 1. The predicted octanol–water partition coefficient (Wildman–Crippen LogP) is 22.9. The predicted molar refractivity (Wildman–Crippen MR) is 343 cm³/mol. The Balaban J connectivity index is 3.42. The lowest BCUT2D eigenvalue weighted by Gasteiger charge is -2.22. The van der Waals surface area contributed by atoms with Crippen LogP contribution in [0.4, 0.5) is 0 Å². The number of esters is 1. The summed E-state index contributed by atoms with van der Waals surface area (Å²) in [7, 11) is 0. The number of carbonyl (C=O) groups is 2. The molecule has 0 rings (SSSR count). The molecule has 0 spiro atoms. The summed E-state index contributed by atoms with van der Waals surface area (Å²) in [5.41, 5.74) is 0. The van der Waals surface area contributed by atoms with Gasteiger partial charge in [0.15, 0.2) is 0 Å². The summed E-state index contributed by atoms with van der Waals surface area (Å²) >= 11 is 0. The van der Waals surface area contributed by atoms with Crippen molar-refractivity contribution in [2.75, 3.05) is 13.2 Å². The summed E-state index contributed by atoms with van der Waals surface area (Å²) in [5.74, 6) is -0.0381. The van der Waals surface area contributed by atoms with Crippen molar-refractivity contribution in [3.63, 3.8) is 0 Å². The van der Waals surface area contributed by atoms with Crippen molar-refractivity contribution in [2.24, 2.45) is 0 Å². The molecule has 0 aliphatic rings. The van der Waals surface area contributed by atoms with Crippen LogP contribution in [0, 0.1) is 0 Å². The number of ether oxygens (including phenoxy) is 1. The molecule has 0 radical (unpaired) electrons. The average molecular weight is 1100 g/mol. The van der Waals surface area contributed by atoms with Crippen LogP contribution in [0.15, 0.2) is 24.3 Å².